The van der Waals surface area contributed by atoms with Crippen molar-refractivity contribution < 1.29 is 9.59 Å². The average molecular weight is 400 g/mol. The highest BCUT2D eigenvalue weighted by molar-refractivity contribution is 5.99. The van der Waals surface area contributed by atoms with Gasteiger partial charge < -0.3 is 14.7 Å². The Morgan fingerprint density at radius 2 is 1.72 bits per heavy atom. The Bertz CT molecular complexity index is 726. The number of anilines is 1. The lowest BCUT2D eigenvalue weighted by atomic mass is 10.0. The second-order valence-electron chi connectivity index (χ2n) is 8.57. The van der Waals surface area contributed by atoms with Crippen LogP contribution in [0.4, 0.5) is 5.82 Å². The normalized spacial score (nSPS) is 23.5. The molecule has 0 spiro atoms. The smallest absolute Gasteiger partial charge is 0.257 e. The Kier molecular flexibility index (Phi) is 6.33. The van der Waals surface area contributed by atoms with Gasteiger partial charge in [0.05, 0.1) is 12.1 Å². The largest absolute Gasteiger partial charge is 0.356 e. The summed E-state index contributed by atoms with van der Waals surface area (Å²) in [6.07, 6.45) is 7.54. The lowest BCUT2D eigenvalue weighted by Gasteiger charge is -2.38. The maximum atomic E-state index is 13.2. The summed E-state index contributed by atoms with van der Waals surface area (Å²) in [5.41, 5.74) is 0.709. The predicted octanol–water partition coefficient (Wildman–Crippen LogP) is 1.84. The van der Waals surface area contributed by atoms with E-state index in [0.29, 0.717) is 31.2 Å². The van der Waals surface area contributed by atoms with Crippen molar-refractivity contribution in [2.45, 2.75) is 45.1 Å². The minimum atomic E-state index is 0.0654. The first-order chi connectivity index (χ1) is 14.1. The summed E-state index contributed by atoms with van der Waals surface area (Å²) in [5, 5.41) is 0. The van der Waals surface area contributed by atoms with E-state index in [4.69, 9.17) is 0 Å². The maximum Gasteiger partial charge on any atom is 0.257 e. The van der Waals surface area contributed by atoms with Crippen LogP contribution in [0.1, 0.15) is 49.4 Å². The highest BCUT2D eigenvalue weighted by atomic mass is 16.2. The molecule has 7 heteroatoms. The molecule has 1 atom stereocenters. The fourth-order valence-electron chi connectivity index (χ4n) is 4.77. The number of carbonyl (C=O) groups excluding carboxylic acids is 2. The number of piperidine rings is 1. The molecule has 3 fully saturated rings. The molecule has 0 aromatic carbocycles. The van der Waals surface area contributed by atoms with Crippen LogP contribution in [-0.2, 0) is 4.79 Å². The molecule has 0 saturated carbocycles. The fraction of sp³-hybridized carbons (Fsp3) is 0.682. The summed E-state index contributed by atoms with van der Waals surface area (Å²) in [4.78, 5) is 38.7. The number of hydrogen-bond acceptors (Lipinski definition) is 5. The van der Waals surface area contributed by atoms with Crippen molar-refractivity contribution in [3.8, 4) is 0 Å². The zero-order chi connectivity index (χ0) is 20.2. The summed E-state index contributed by atoms with van der Waals surface area (Å²) in [5.74, 6) is 1.13. The number of nitrogens with zero attached hydrogens (tertiary/aromatic N) is 5. The third-order valence-electron chi connectivity index (χ3n) is 6.56. The molecule has 4 rings (SSSR count). The van der Waals surface area contributed by atoms with Gasteiger partial charge in [0, 0.05) is 58.1 Å². The van der Waals surface area contributed by atoms with E-state index >= 15 is 0 Å². The van der Waals surface area contributed by atoms with E-state index in [0.717, 1.165) is 64.2 Å². The van der Waals surface area contributed by atoms with Crippen molar-refractivity contribution in [3.63, 3.8) is 0 Å². The van der Waals surface area contributed by atoms with Crippen molar-refractivity contribution in [2.24, 2.45) is 0 Å². The van der Waals surface area contributed by atoms with Crippen molar-refractivity contribution in [1.29, 1.82) is 0 Å². The van der Waals surface area contributed by atoms with Gasteiger partial charge in [0.25, 0.3) is 5.91 Å². The first kappa shape index (κ1) is 20.1. The molecule has 0 aliphatic carbocycles. The molecule has 4 heterocycles. The van der Waals surface area contributed by atoms with E-state index < -0.39 is 0 Å². The van der Waals surface area contributed by atoms with Crippen LogP contribution in [0.5, 0.6) is 0 Å². The third kappa shape index (κ3) is 4.55. The average Bonchev–Trinajstić information content (AvgIpc) is 3.29. The van der Waals surface area contributed by atoms with Crippen LogP contribution in [0.2, 0.25) is 0 Å². The molecule has 1 unspecified atom stereocenters. The Labute approximate surface area is 173 Å². The first-order valence-corrected chi connectivity index (χ1v) is 11.1. The van der Waals surface area contributed by atoms with Gasteiger partial charge in [-0.25, -0.2) is 4.98 Å². The van der Waals surface area contributed by atoms with E-state index in [2.05, 4.69) is 21.7 Å². The Morgan fingerprint density at radius 3 is 2.45 bits per heavy atom. The molecule has 7 nitrogen and oxygen atoms in total. The summed E-state index contributed by atoms with van der Waals surface area (Å²) in [6.45, 7) is 8.28. The van der Waals surface area contributed by atoms with Crippen LogP contribution in [-0.4, -0.2) is 89.9 Å². The van der Waals surface area contributed by atoms with E-state index in [-0.39, 0.29) is 11.8 Å². The number of amides is 2. The Hall–Kier alpha value is -2.15. The maximum absolute atomic E-state index is 13.2. The van der Waals surface area contributed by atoms with Gasteiger partial charge in [-0.2, -0.15) is 0 Å². The number of rotatable bonds is 4. The highest BCUT2D eigenvalue weighted by Gasteiger charge is 2.29. The standard InChI is InChI=1S/C22H33N5O2/c1-18-7-2-3-12-27(18)20(28)17-24-13-15-26(16-14-24)22(29)19-8-6-9-23-21(19)25-10-4-5-11-25/h6,8-9,18H,2-5,7,10-17H2,1H3. The molecule has 3 aliphatic rings. The van der Waals surface area contributed by atoms with Crippen molar-refractivity contribution in [3.05, 3.63) is 23.9 Å². The minimum absolute atomic E-state index is 0.0654. The zero-order valence-electron chi connectivity index (χ0n) is 17.6. The van der Waals surface area contributed by atoms with Crippen molar-refractivity contribution >= 4 is 17.6 Å². The lowest BCUT2D eigenvalue weighted by Crippen LogP contribution is -2.53. The number of piperazine rings is 1. The SMILES string of the molecule is CC1CCCCN1C(=O)CN1CCN(C(=O)c2cccnc2N2CCCC2)CC1. The molecule has 158 valence electrons. The Morgan fingerprint density at radius 1 is 1.00 bits per heavy atom. The summed E-state index contributed by atoms with van der Waals surface area (Å²) >= 11 is 0. The van der Waals surface area contributed by atoms with Crippen LogP contribution in [0.3, 0.4) is 0 Å². The van der Waals surface area contributed by atoms with Gasteiger partial charge in [-0.1, -0.05) is 0 Å². The number of likely N-dealkylation sites (tertiary alicyclic amines) is 1. The molecule has 3 aliphatic heterocycles. The van der Waals surface area contributed by atoms with Crippen molar-refractivity contribution in [1.82, 2.24) is 19.7 Å². The van der Waals surface area contributed by atoms with Crippen LogP contribution < -0.4 is 4.90 Å². The van der Waals surface area contributed by atoms with Crippen LogP contribution >= 0.6 is 0 Å². The minimum Gasteiger partial charge on any atom is -0.356 e. The van der Waals surface area contributed by atoms with E-state index in [1.54, 1.807) is 6.20 Å². The van der Waals surface area contributed by atoms with Gasteiger partial charge in [-0.15, -0.1) is 0 Å². The zero-order valence-corrected chi connectivity index (χ0v) is 17.6. The fourth-order valence-corrected chi connectivity index (χ4v) is 4.77. The number of carbonyl (C=O) groups is 2. The summed E-state index contributed by atoms with van der Waals surface area (Å²) in [6, 6.07) is 4.10. The van der Waals surface area contributed by atoms with Gasteiger partial charge in [-0.05, 0) is 51.2 Å². The molecule has 2 amide bonds. The van der Waals surface area contributed by atoms with Gasteiger partial charge in [-0.3, -0.25) is 14.5 Å². The molecule has 1 aromatic heterocycles. The third-order valence-corrected chi connectivity index (χ3v) is 6.56. The van der Waals surface area contributed by atoms with E-state index in [1.807, 2.05) is 21.9 Å². The van der Waals surface area contributed by atoms with Gasteiger partial charge in [0.15, 0.2) is 0 Å². The second-order valence-corrected chi connectivity index (χ2v) is 8.57. The summed E-state index contributed by atoms with van der Waals surface area (Å²) in [7, 11) is 0. The molecule has 0 radical (unpaired) electrons. The molecular weight excluding hydrogens is 366 g/mol. The van der Waals surface area contributed by atoms with Crippen LogP contribution in [0, 0.1) is 0 Å². The van der Waals surface area contributed by atoms with Crippen molar-refractivity contribution in [2.75, 3.05) is 57.3 Å². The number of hydrogen-bond donors (Lipinski definition) is 0. The quantitative estimate of drug-likeness (QED) is 0.773. The summed E-state index contributed by atoms with van der Waals surface area (Å²) < 4.78 is 0. The predicted molar refractivity (Wildman–Crippen MR) is 113 cm³/mol. The monoisotopic (exact) mass is 399 g/mol. The first-order valence-electron chi connectivity index (χ1n) is 11.1. The van der Waals surface area contributed by atoms with Crippen LogP contribution in [0.25, 0.3) is 0 Å². The number of pyridine rings is 1. The molecule has 1 aromatic rings. The molecular formula is C22H33N5O2. The van der Waals surface area contributed by atoms with E-state index in [9.17, 15) is 9.59 Å². The number of aromatic nitrogens is 1. The topological polar surface area (TPSA) is 60.0 Å². The molecule has 3 saturated heterocycles. The van der Waals surface area contributed by atoms with Gasteiger partial charge in [0.1, 0.15) is 5.82 Å². The highest BCUT2D eigenvalue weighted by Crippen LogP contribution is 2.24. The Balaban J connectivity index is 1.33. The van der Waals surface area contributed by atoms with Crippen LogP contribution in [0.15, 0.2) is 18.3 Å². The second kappa shape index (κ2) is 9.11. The van der Waals surface area contributed by atoms with Gasteiger partial charge in [0.2, 0.25) is 5.91 Å². The van der Waals surface area contributed by atoms with E-state index in [1.165, 1.54) is 6.42 Å². The molecule has 29 heavy (non-hydrogen) atoms. The lowest BCUT2D eigenvalue weighted by molar-refractivity contribution is -0.136. The molecule has 0 N–H and O–H groups in total. The molecule has 0 bridgehead atoms. The van der Waals surface area contributed by atoms with Gasteiger partial charge >= 0.3 is 0 Å².